The Morgan fingerprint density at radius 1 is 0.767 bits per heavy atom. The van der Waals surface area contributed by atoms with E-state index in [1.54, 1.807) is 0 Å². The number of carbonyl (C=O) groups excluding carboxylic acids is 2. The molecule has 0 saturated carbocycles. The summed E-state index contributed by atoms with van der Waals surface area (Å²) >= 11 is 0. The zero-order chi connectivity index (χ0) is 21.6. The molecular formula is C25H31NO4. The lowest BCUT2D eigenvalue weighted by atomic mass is 9.98. The third-order valence-electron chi connectivity index (χ3n) is 6.39. The Morgan fingerprint density at radius 3 is 1.50 bits per heavy atom. The SMILES string of the molecule is CN1C(C)(C(=O)OCCc2ccccc2)CCC1(C)C(=O)OCCc1ccccc1. The van der Waals surface area contributed by atoms with Gasteiger partial charge in [0.15, 0.2) is 0 Å². The highest BCUT2D eigenvalue weighted by Gasteiger charge is 2.57. The summed E-state index contributed by atoms with van der Waals surface area (Å²) < 4.78 is 11.2. The van der Waals surface area contributed by atoms with Crippen LogP contribution in [0.25, 0.3) is 0 Å². The Labute approximate surface area is 179 Å². The van der Waals surface area contributed by atoms with Crippen molar-refractivity contribution in [3.8, 4) is 0 Å². The fraction of sp³-hybridized carbons (Fsp3) is 0.440. The quantitative estimate of drug-likeness (QED) is 0.621. The lowest BCUT2D eigenvalue weighted by Crippen LogP contribution is -2.57. The van der Waals surface area contributed by atoms with Crippen LogP contribution in [-0.4, -0.2) is 48.2 Å². The molecule has 30 heavy (non-hydrogen) atoms. The smallest absolute Gasteiger partial charge is 0.326 e. The van der Waals surface area contributed by atoms with E-state index in [9.17, 15) is 9.59 Å². The van der Waals surface area contributed by atoms with E-state index in [0.717, 1.165) is 11.1 Å². The van der Waals surface area contributed by atoms with Gasteiger partial charge in [-0.3, -0.25) is 14.5 Å². The molecule has 1 saturated heterocycles. The summed E-state index contributed by atoms with van der Waals surface area (Å²) in [5.41, 5.74) is 0.567. The largest absolute Gasteiger partial charge is 0.464 e. The maximum atomic E-state index is 12.9. The Balaban J connectivity index is 1.53. The van der Waals surface area contributed by atoms with Gasteiger partial charge in [0.25, 0.3) is 0 Å². The fourth-order valence-electron chi connectivity index (χ4n) is 3.97. The van der Waals surface area contributed by atoms with E-state index < -0.39 is 11.1 Å². The molecule has 2 atom stereocenters. The molecule has 5 nitrogen and oxygen atoms in total. The minimum absolute atomic E-state index is 0.290. The molecule has 0 bridgehead atoms. The Bertz CT molecular complexity index is 782. The van der Waals surface area contributed by atoms with Crippen molar-refractivity contribution in [3.05, 3.63) is 71.8 Å². The van der Waals surface area contributed by atoms with Crippen LogP contribution in [0, 0.1) is 0 Å². The van der Waals surface area contributed by atoms with Crippen molar-refractivity contribution in [1.82, 2.24) is 4.90 Å². The summed E-state index contributed by atoms with van der Waals surface area (Å²) in [6.45, 7) is 4.34. The van der Waals surface area contributed by atoms with Crippen LogP contribution in [0.4, 0.5) is 0 Å². The average molecular weight is 410 g/mol. The second-order valence-corrected chi connectivity index (χ2v) is 8.35. The average Bonchev–Trinajstić information content (AvgIpc) is 3.01. The second-order valence-electron chi connectivity index (χ2n) is 8.35. The number of carbonyl (C=O) groups is 2. The van der Waals surface area contributed by atoms with Gasteiger partial charge in [0, 0.05) is 12.8 Å². The van der Waals surface area contributed by atoms with E-state index in [1.165, 1.54) is 0 Å². The van der Waals surface area contributed by atoms with Crippen molar-refractivity contribution in [2.24, 2.45) is 0 Å². The first kappa shape index (κ1) is 22.0. The monoisotopic (exact) mass is 409 g/mol. The number of hydrogen-bond acceptors (Lipinski definition) is 5. The number of hydrogen-bond donors (Lipinski definition) is 0. The Hall–Kier alpha value is -2.66. The Morgan fingerprint density at radius 2 is 1.13 bits per heavy atom. The van der Waals surface area contributed by atoms with Gasteiger partial charge in [-0.05, 0) is 44.9 Å². The number of likely N-dealkylation sites (tertiary alicyclic amines) is 1. The third kappa shape index (κ3) is 4.73. The number of ether oxygens (including phenoxy) is 2. The van der Waals surface area contributed by atoms with Crippen molar-refractivity contribution in [2.45, 2.75) is 50.6 Å². The standard InChI is InChI=1S/C25H31NO4/c1-24(22(27)29-18-14-20-10-6-4-7-11-20)16-17-25(2,26(24)3)23(28)30-19-15-21-12-8-5-9-13-21/h4-13H,14-19H2,1-3H3. The molecule has 5 heteroatoms. The normalized spacial score (nSPS) is 23.8. The van der Waals surface area contributed by atoms with E-state index >= 15 is 0 Å². The number of esters is 2. The molecule has 1 heterocycles. The molecule has 1 aliphatic rings. The van der Waals surface area contributed by atoms with Crippen LogP contribution >= 0.6 is 0 Å². The molecule has 2 aromatic rings. The molecule has 0 spiro atoms. The lowest BCUT2D eigenvalue weighted by molar-refractivity contribution is -0.163. The van der Waals surface area contributed by atoms with Gasteiger partial charge in [-0.15, -0.1) is 0 Å². The van der Waals surface area contributed by atoms with Crippen LogP contribution in [-0.2, 0) is 31.9 Å². The molecule has 160 valence electrons. The molecule has 3 rings (SSSR count). The van der Waals surface area contributed by atoms with Crippen LogP contribution < -0.4 is 0 Å². The highest BCUT2D eigenvalue weighted by atomic mass is 16.5. The molecular weight excluding hydrogens is 378 g/mol. The van der Waals surface area contributed by atoms with Crippen molar-refractivity contribution >= 4 is 11.9 Å². The van der Waals surface area contributed by atoms with E-state index in [-0.39, 0.29) is 11.9 Å². The van der Waals surface area contributed by atoms with Gasteiger partial charge >= 0.3 is 11.9 Å². The first-order valence-corrected chi connectivity index (χ1v) is 10.5. The zero-order valence-electron chi connectivity index (χ0n) is 18.1. The van der Waals surface area contributed by atoms with Gasteiger partial charge in [-0.1, -0.05) is 60.7 Å². The first-order chi connectivity index (χ1) is 14.4. The Kier molecular flexibility index (Phi) is 6.93. The van der Waals surface area contributed by atoms with Gasteiger partial charge in [0.1, 0.15) is 11.1 Å². The van der Waals surface area contributed by atoms with Crippen LogP contribution in [0.1, 0.15) is 37.8 Å². The maximum absolute atomic E-state index is 12.9. The summed E-state index contributed by atoms with van der Waals surface area (Å²) in [6, 6.07) is 19.9. The molecule has 0 amide bonds. The summed E-state index contributed by atoms with van der Waals surface area (Å²) in [5, 5.41) is 0. The highest BCUT2D eigenvalue weighted by Crippen LogP contribution is 2.41. The lowest BCUT2D eigenvalue weighted by Gasteiger charge is -2.37. The van der Waals surface area contributed by atoms with E-state index in [2.05, 4.69) is 0 Å². The number of rotatable bonds is 8. The van der Waals surface area contributed by atoms with Crippen molar-refractivity contribution < 1.29 is 19.1 Å². The topological polar surface area (TPSA) is 55.8 Å². The van der Waals surface area contributed by atoms with Crippen molar-refractivity contribution in [3.63, 3.8) is 0 Å². The van der Waals surface area contributed by atoms with Crippen molar-refractivity contribution in [2.75, 3.05) is 20.3 Å². The van der Waals surface area contributed by atoms with Crippen molar-refractivity contribution in [1.29, 1.82) is 0 Å². The van der Waals surface area contributed by atoms with Crippen LogP contribution in [0.3, 0.4) is 0 Å². The summed E-state index contributed by atoms with van der Waals surface area (Å²) in [7, 11) is 1.81. The molecule has 1 fully saturated rings. The molecule has 0 radical (unpaired) electrons. The number of benzene rings is 2. The number of likely N-dealkylation sites (N-methyl/N-ethyl adjacent to an activating group) is 1. The molecule has 2 unspecified atom stereocenters. The molecule has 1 aliphatic heterocycles. The van der Waals surface area contributed by atoms with Crippen LogP contribution in [0.2, 0.25) is 0 Å². The van der Waals surface area contributed by atoms with E-state index in [0.29, 0.717) is 38.9 Å². The second kappa shape index (κ2) is 9.43. The predicted octanol–water partition coefficient (Wildman–Crippen LogP) is 3.80. The third-order valence-corrected chi connectivity index (χ3v) is 6.39. The van der Waals surface area contributed by atoms with Gasteiger partial charge in [-0.25, -0.2) is 0 Å². The fourth-order valence-corrected chi connectivity index (χ4v) is 3.97. The van der Waals surface area contributed by atoms with E-state index in [1.807, 2.05) is 86.5 Å². The van der Waals surface area contributed by atoms with Gasteiger partial charge < -0.3 is 9.47 Å². The summed E-state index contributed by atoms with van der Waals surface area (Å²) in [6.07, 6.45) is 2.45. The zero-order valence-corrected chi connectivity index (χ0v) is 18.1. The first-order valence-electron chi connectivity index (χ1n) is 10.5. The van der Waals surface area contributed by atoms with Gasteiger partial charge in [0.2, 0.25) is 0 Å². The van der Waals surface area contributed by atoms with E-state index in [4.69, 9.17) is 9.47 Å². The molecule has 2 aromatic carbocycles. The number of nitrogens with zero attached hydrogens (tertiary/aromatic N) is 1. The molecule has 0 N–H and O–H groups in total. The molecule has 0 aliphatic carbocycles. The van der Waals surface area contributed by atoms with Crippen LogP contribution in [0.5, 0.6) is 0 Å². The minimum atomic E-state index is -0.843. The van der Waals surface area contributed by atoms with Gasteiger partial charge in [-0.2, -0.15) is 0 Å². The van der Waals surface area contributed by atoms with Gasteiger partial charge in [0.05, 0.1) is 13.2 Å². The molecule has 0 aromatic heterocycles. The maximum Gasteiger partial charge on any atom is 0.326 e. The minimum Gasteiger partial charge on any atom is -0.464 e. The summed E-state index contributed by atoms with van der Waals surface area (Å²) in [4.78, 5) is 27.6. The highest BCUT2D eigenvalue weighted by molar-refractivity contribution is 5.86. The van der Waals surface area contributed by atoms with Crippen LogP contribution in [0.15, 0.2) is 60.7 Å². The summed E-state index contributed by atoms with van der Waals surface area (Å²) in [5.74, 6) is -0.580. The predicted molar refractivity (Wildman–Crippen MR) is 116 cm³/mol.